The van der Waals surface area contributed by atoms with E-state index in [4.69, 9.17) is 11.6 Å². The predicted molar refractivity (Wildman–Crippen MR) is 76.1 cm³/mol. The normalized spacial score (nSPS) is 10.6. The maximum Gasteiger partial charge on any atom is 0.316 e. The molecule has 0 radical (unpaired) electrons. The molecule has 2 N–H and O–H groups in total. The number of aromatic nitrogens is 4. The van der Waals surface area contributed by atoms with Crippen LogP contribution >= 0.6 is 11.6 Å². The molecule has 9 heteroatoms. The molecule has 20 heavy (non-hydrogen) atoms. The number of rotatable bonds is 4. The number of hydrogen-bond acceptors (Lipinski definition) is 5. The Morgan fingerprint density at radius 3 is 2.90 bits per heavy atom. The van der Waals surface area contributed by atoms with Crippen molar-refractivity contribution < 1.29 is 4.79 Å². The van der Waals surface area contributed by atoms with E-state index in [2.05, 4.69) is 25.7 Å². The lowest BCUT2D eigenvalue weighted by atomic mass is 10.3. The third kappa shape index (κ3) is 2.90. The van der Waals surface area contributed by atoms with Crippen molar-refractivity contribution >= 4 is 29.2 Å². The predicted octanol–water partition coefficient (Wildman–Crippen LogP) is 0.769. The Labute approximate surface area is 121 Å². The summed E-state index contributed by atoms with van der Waals surface area (Å²) in [4.78, 5) is 21.0. The molecule has 8 nitrogen and oxygen atoms in total. The zero-order valence-electron chi connectivity index (χ0n) is 11.5. The highest BCUT2D eigenvalue weighted by Crippen LogP contribution is 2.21. The molecule has 2 amide bonds. The first kappa shape index (κ1) is 14.3. The van der Waals surface area contributed by atoms with Gasteiger partial charge in [0.25, 0.3) is 5.78 Å². The summed E-state index contributed by atoms with van der Waals surface area (Å²) >= 11 is 6.05. The molecule has 0 fully saturated rings. The molecule has 0 aliphatic heterocycles. The molecule has 108 valence electrons. The molecule has 2 heterocycles. The summed E-state index contributed by atoms with van der Waals surface area (Å²) < 4.78 is 1.58. The third-order valence-electron chi connectivity index (χ3n) is 2.70. The fourth-order valence-corrected chi connectivity index (χ4v) is 1.78. The largest absolute Gasteiger partial charge is 0.368 e. The monoisotopic (exact) mass is 297 g/mol. The molecule has 0 bridgehead atoms. The molecule has 0 saturated carbocycles. The summed E-state index contributed by atoms with van der Waals surface area (Å²) in [5, 5.41) is 10.4. The number of halogens is 1. The number of anilines is 1. The van der Waals surface area contributed by atoms with E-state index in [0.29, 0.717) is 24.0 Å². The van der Waals surface area contributed by atoms with Crippen LogP contribution in [0.25, 0.3) is 5.78 Å². The molecule has 2 rings (SSSR count). The first-order valence-electron chi connectivity index (χ1n) is 6.05. The van der Waals surface area contributed by atoms with Crippen LogP contribution in [0.5, 0.6) is 0 Å². The third-order valence-corrected chi connectivity index (χ3v) is 3.07. The topological polar surface area (TPSA) is 87.5 Å². The SMILES string of the molecule is Cc1c(Cl)nc2ncnn2c1NCCNC(=O)N(C)C. The van der Waals surface area contributed by atoms with Crippen molar-refractivity contribution in [1.82, 2.24) is 29.8 Å². The van der Waals surface area contributed by atoms with Gasteiger partial charge in [-0.25, -0.2) is 4.79 Å². The van der Waals surface area contributed by atoms with Gasteiger partial charge in [-0.1, -0.05) is 11.6 Å². The minimum Gasteiger partial charge on any atom is -0.368 e. The highest BCUT2D eigenvalue weighted by molar-refractivity contribution is 6.30. The molecular formula is C11H16ClN7O. The average molecular weight is 298 g/mol. The smallest absolute Gasteiger partial charge is 0.316 e. The second kappa shape index (κ2) is 5.91. The van der Waals surface area contributed by atoms with E-state index in [9.17, 15) is 4.79 Å². The number of nitrogens with one attached hydrogen (secondary N) is 2. The Kier molecular flexibility index (Phi) is 4.23. The fraction of sp³-hybridized carbons (Fsp3) is 0.455. The number of carbonyl (C=O) groups excluding carboxylic acids is 1. The standard InChI is InChI=1S/C11H16ClN7O/c1-7-8(12)17-10-15-6-16-19(10)9(7)13-4-5-14-11(20)18(2)3/h6,13H,4-5H2,1-3H3,(H,14,20). The van der Waals surface area contributed by atoms with Crippen molar-refractivity contribution in [3.05, 3.63) is 17.0 Å². The molecule has 0 aromatic carbocycles. The molecule has 0 unspecified atom stereocenters. The van der Waals surface area contributed by atoms with Crippen molar-refractivity contribution in [3.63, 3.8) is 0 Å². The lowest BCUT2D eigenvalue weighted by Crippen LogP contribution is -2.37. The van der Waals surface area contributed by atoms with E-state index >= 15 is 0 Å². The van der Waals surface area contributed by atoms with E-state index in [0.717, 1.165) is 11.4 Å². The van der Waals surface area contributed by atoms with Gasteiger partial charge in [-0.05, 0) is 6.92 Å². The summed E-state index contributed by atoms with van der Waals surface area (Å²) in [5.74, 6) is 1.15. The molecule has 2 aromatic rings. The van der Waals surface area contributed by atoms with Crippen LogP contribution in [0.2, 0.25) is 5.15 Å². The lowest BCUT2D eigenvalue weighted by Gasteiger charge is -2.14. The Hall–Kier alpha value is -2.09. The van der Waals surface area contributed by atoms with Crippen molar-refractivity contribution in [1.29, 1.82) is 0 Å². The molecule has 0 aliphatic rings. The van der Waals surface area contributed by atoms with E-state index in [1.165, 1.54) is 11.2 Å². The zero-order valence-corrected chi connectivity index (χ0v) is 12.3. The number of carbonyl (C=O) groups is 1. The van der Waals surface area contributed by atoms with Gasteiger partial charge >= 0.3 is 6.03 Å². The van der Waals surface area contributed by atoms with E-state index < -0.39 is 0 Å². The van der Waals surface area contributed by atoms with Crippen molar-refractivity contribution in [3.8, 4) is 0 Å². The molecule has 0 aliphatic carbocycles. The number of nitrogens with zero attached hydrogens (tertiary/aromatic N) is 5. The van der Waals surface area contributed by atoms with Crippen molar-refractivity contribution in [2.24, 2.45) is 0 Å². The molecule has 0 spiro atoms. The molecular weight excluding hydrogens is 282 g/mol. The first-order valence-corrected chi connectivity index (χ1v) is 6.43. The summed E-state index contributed by atoms with van der Waals surface area (Å²) in [5.41, 5.74) is 0.781. The number of fused-ring (bicyclic) bond motifs is 1. The van der Waals surface area contributed by atoms with Crippen molar-refractivity contribution in [2.75, 3.05) is 32.5 Å². The van der Waals surface area contributed by atoms with Crippen LogP contribution in [0, 0.1) is 6.92 Å². The Bertz CT molecular complexity index is 625. The van der Waals surface area contributed by atoms with Gasteiger partial charge in [-0.15, -0.1) is 0 Å². The maximum absolute atomic E-state index is 11.4. The highest BCUT2D eigenvalue weighted by Gasteiger charge is 2.11. The fourth-order valence-electron chi connectivity index (χ4n) is 1.61. The summed E-state index contributed by atoms with van der Waals surface area (Å²) in [7, 11) is 3.38. The maximum atomic E-state index is 11.4. The number of urea groups is 1. The van der Waals surface area contributed by atoms with Gasteiger partial charge in [0.2, 0.25) is 0 Å². The number of hydrogen-bond donors (Lipinski definition) is 2. The van der Waals surface area contributed by atoms with Gasteiger partial charge in [0, 0.05) is 32.7 Å². The van der Waals surface area contributed by atoms with E-state index in [1.54, 1.807) is 18.6 Å². The van der Waals surface area contributed by atoms with Crippen LogP contribution in [-0.4, -0.2) is 57.7 Å². The van der Waals surface area contributed by atoms with Gasteiger partial charge in [0.05, 0.1) is 0 Å². The van der Waals surface area contributed by atoms with Crippen LogP contribution in [0.3, 0.4) is 0 Å². The summed E-state index contributed by atoms with van der Waals surface area (Å²) in [6.45, 7) is 2.86. The Morgan fingerprint density at radius 1 is 1.45 bits per heavy atom. The first-order chi connectivity index (χ1) is 9.50. The number of amides is 2. The van der Waals surface area contributed by atoms with Crippen LogP contribution in [0.1, 0.15) is 5.56 Å². The van der Waals surface area contributed by atoms with Gasteiger partial charge in [0.15, 0.2) is 0 Å². The van der Waals surface area contributed by atoms with Crippen LogP contribution in [-0.2, 0) is 0 Å². The Balaban J connectivity index is 2.04. The summed E-state index contributed by atoms with van der Waals surface area (Å²) in [6, 6.07) is -0.137. The Morgan fingerprint density at radius 2 is 2.20 bits per heavy atom. The quantitative estimate of drug-likeness (QED) is 0.643. The second-order valence-corrected chi connectivity index (χ2v) is 4.76. The van der Waals surface area contributed by atoms with E-state index in [1.807, 2.05) is 6.92 Å². The van der Waals surface area contributed by atoms with E-state index in [-0.39, 0.29) is 6.03 Å². The second-order valence-electron chi connectivity index (χ2n) is 4.40. The molecule has 2 aromatic heterocycles. The van der Waals surface area contributed by atoms with Gasteiger partial charge in [-0.2, -0.15) is 19.6 Å². The summed E-state index contributed by atoms with van der Waals surface area (Å²) in [6.07, 6.45) is 1.41. The lowest BCUT2D eigenvalue weighted by molar-refractivity contribution is 0.218. The van der Waals surface area contributed by atoms with Crippen molar-refractivity contribution in [2.45, 2.75) is 6.92 Å². The van der Waals surface area contributed by atoms with Gasteiger partial charge in [-0.3, -0.25) is 0 Å². The molecule has 0 atom stereocenters. The van der Waals surface area contributed by atoms with Crippen LogP contribution in [0.15, 0.2) is 6.33 Å². The minimum atomic E-state index is -0.137. The minimum absolute atomic E-state index is 0.137. The van der Waals surface area contributed by atoms with Gasteiger partial charge < -0.3 is 15.5 Å². The van der Waals surface area contributed by atoms with Crippen LogP contribution < -0.4 is 10.6 Å². The molecule has 0 saturated heterocycles. The van der Waals surface area contributed by atoms with Crippen LogP contribution in [0.4, 0.5) is 10.6 Å². The van der Waals surface area contributed by atoms with Gasteiger partial charge in [0.1, 0.15) is 17.3 Å². The highest BCUT2D eigenvalue weighted by atomic mass is 35.5. The average Bonchev–Trinajstić information content (AvgIpc) is 2.85. The zero-order chi connectivity index (χ0) is 14.7.